The van der Waals surface area contributed by atoms with Gasteiger partial charge in [-0.3, -0.25) is 9.69 Å². The molecule has 0 unspecified atom stereocenters. The van der Waals surface area contributed by atoms with E-state index in [-0.39, 0.29) is 29.6 Å². The van der Waals surface area contributed by atoms with E-state index in [0.717, 1.165) is 35.2 Å². The summed E-state index contributed by atoms with van der Waals surface area (Å²) < 4.78 is 44.6. The lowest BCUT2D eigenvalue weighted by Gasteiger charge is -2.45. The van der Waals surface area contributed by atoms with Crippen molar-refractivity contribution in [1.82, 2.24) is 14.8 Å². The molecule has 1 saturated heterocycles. The Morgan fingerprint density at radius 2 is 1.95 bits per heavy atom. The quantitative estimate of drug-likeness (QED) is 0.430. The van der Waals surface area contributed by atoms with Gasteiger partial charge in [0.1, 0.15) is 11.4 Å². The Hall–Kier alpha value is -3.04. The second-order valence-electron chi connectivity index (χ2n) is 9.77. The number of nitrogens with zero attached hydrogens (tertiary/aromatic N) is 4. The molecule has 1 amide bonds. The topological polar surface area (TPSA) is 52.8 Å². The number of carbonyl (C=O) groups excluding carboxylic acids is 1. The van der Waals surface area contributed by atoms with Crippen LogP contribution in [0.2, 0.25) is 5.02 Å². The third-order valence-electron chi connectivity index (χ3n) is 7.25. The van der Waals surface area contributed by atoms with Crippen LogP contribution in [0.4, 0.5) is 19.0 Å². The number of rotatable bonds is 4. The Morgan fingerprint density at radius 1 is 1.19 bits per heavy atom. The molecule has 6 nitrogen and oxygen atoms in total. The summed E-state index contributed by atoms with van der Waals surface area (Å²) in [7, 11) is 0. The molecular formula is C27H28ClF3N4O2. The summed E-state index contributed by atoms with van der Waals surface area (Å²) in [5, 5.41) is 1.03. The van der Waals surface area contributed by atoms with Gasteiger partial charge >= 0.3 is 6.18 Å². The van der Waals surface area contributed by atoms with E-state index in [1.54, 1.807) is 6.26 Å². The van der Waals surface area contributed by atoms with Crippen molar-refractivity contribution in [2.75, 3.05) is 37.6 Å². The van der Waals surface area contributed by atoms with E-state index in [2.05, 4.69) is 22.0 Å². The summed E-state index contributed by atoms with van der Waals surface area (Å²) in [6.45, 7) is 6.48. The highest BCUT2D eigenvalue weighted by molar-refractivity contribution is 6.33. The minimum atomic E-state index is -4.49. The number of carbonyl (C=O) groups is 1. The Labute approximate surface area is 218 Å². The van der Waals surface area contributed by atoms with E-state index in [1.807, 2.05) is 41.8 Å². The van der Waals surface area contributed by atoms with Crippen LogP contribution in [-0.2, 0) is 11.0 Å². The van der Waals surface area contributed by atoms with Gasteiger partial charge in [-0.05, 0) is 38.0 Å². The number of anilines is 1. The molecule has 0 saturated carbocycles. The highest BCUT2D eigenvalue weighted by atomic mass is 35.5. The molecular weight excluding hydrogens is 505 g/mol. The van der Waals surface area contributed by atoms with Gasteiger partial charge < -0.3 is 14.2 Å². The van der Waals surface area contributed by atoms with Gasteiger partial charge in [0.2, 0.25) is 5.91 Å². The number of halogens is 4. The van der Waals surface area contributed by atoms with Crippen LogP contribution in [-0.4, -0.2) is 65.5 Å². The molecule has 3 aromatic rings. The SMILES string of the molecule is C[C@@H]1CN(c2ncc(C(F)(F)F)cc2Cl)C[C@H](C)N1CC(=O)N1CC=C(c2cccc3ccoc23)CC1. The zero-order chi connectivity index (χ0) is 26.3. The first-order valence-corrected chi connectivity index (χ1v) is 12.7. The number of benzene rings is 1. The molecule has 196 valence electrons. The van der Waals surface area contributed by atoms with Gasteiger partial charge in [-0.15, -0.1) is 0 Å². The fraction of sp³-hybridized carbons (Fsp3) is 0.407. The molecule has 0 radical (unpaired) electrons. The lowest BCUT2D eigenvalue weighted by Crippen LogP contribution is -2.59. The monoisotopic (exact) mass is 532 g/mol. The van der Waals surface area contributed by atoms with Crippen molar-refractivity contribution in [2.24, 2.45) is 0 Å². The number of alkyl halides is 3. The normalized spacial score (nSPS) is 21.4. The molecule has 0 spiro atoms. The zero-order valence-corrected chi connectivity index (χ0v) is 21.4. The van der Waals surface area contributed by atoms with Crippen molar-refractivity contribution in [3.8, 4) is 0 Å². The summed E-state index contributed by atoms with van der Waals surface area (Å²) in [6, 6.07) is 8.92. The standard InChI is InChI=1S/C27H28ClF3N4O2/c1-17-14-34(26-23(28)12-21(13-32-26)27(29,30)31)15-18(2)35(17)16-24(36)33-9-6-19(7-10-33)22-5-3-4-20-8-11-37-25(20)22/h3-6,8,11-13,17-18H,7,9-10,14-16H2,1-2H3/t17-,18+. The summed E-state index contributed by atoms with van der Waals surface area (Å²) >= 11 is 6.18. The van der Waals surface area contributed by atoms with Gasteiger partial charge in [0.25, 0.3) is 0 Å². The number of hydrogen-bond acceptors (Lipinski definition) is 5. The fourth-order valence-corrected chi connectivity index (χ4v) is 5.59. The van der Waals surface area contributed by atoms with Gasteiger partial charge in [-0.1, -0.05) is 35.9 Å². The van der Waals surface area contributed by atoms with Crippen molar-refractivity contribution in [3.63, 3.8) is 0 Å². The molecule has 1 aromatic carbocycles. The highest BCUT2D eigenvalue weighted by Crippen LogP contribution is 2.35. The minimum Gasteiger partial charge on any atom is -0.464 e. The van der Waals surface area contributed by atoms with Gasteiger partial charge in [0.05, 0.1) is 23.4 Å². The Morgan fingerprint density at radius 3 is 2.59 bits per heavy atom. The molecule has 1 fully saturated rings. The van der Waals surface area contributed by atoms with Crippen molar-refractivity contribution in [2.45, 2.75) is 38.5 Å². The number of hydrogen-bond donors (Lipinski definition) is 0. The Bertz CT molecular complexity index is 1330. The van der Waals surface area contributed by atoms with E-state index in [9.17, 15) is 18.0 Å². The smallest absolute Gasteiger partial charge is 0.417 e. The highest BCUT2D eigenvalue weighted by Gasteiger charge is 2.35. The predicted molar refractivity (Wildman–Crippen MR) is 137 cm³/mol. The van der Waals surface area contributed by atoms with Crippen LogP contribution in [0, 0.1) is 0 Å². The van der Waals surface area contributed by atoms with Gasteiger partial charge in [0.15, 0.2) is 0 Å². The van der Waals surface area contributed by atoms with Crippen molar-refractivity contribution in [1.29, 1.82) is 0 Å². The third kappa shape index (κ3) is 5.20. The number of piperazine rings is 1. The van der Waals surface area contributed by atoms with Crippen LogP contribution in [0.15, 0.2) is 53.3 Å². The van der Waals surface area contributed by atoms with Crippen molar-refractivity contribution < 1.29 is 22.4 Å². The first-order chi connectivity index (χ1) is 17.6. The Kier molecular flexibility index (Phi) is 6.93. The predicted octanol–water partition coefficient (Wildman–Crippen LogP) is 5.71. The summed E-state index contributed by atoms with van der Waals surface area (Å²) in [5.41, 5.74) is 2.26. The molecule has 10 heteroatoms. The number of pyridine rings is 1. The number of aromatic nitrogens is 1. The molecule has 37 heavy (non-hydrogen) atoms. The number of amides is 1. The fourth-order valence-electron chi connectivity index (χ4n) is 5.30. The third-order valence-corrected chi connectivity index (χ3v) is 7.53. The van der Waals surface area contributed by atoms with Gasteiger partial charge in [0, 0.05) is 55.4 Å². The molecule has 2 aromatic heterocycles. The van der Waals surface area contributed by atoms with E-state index in [0.29, 0.717) is 32.0 Å². The average molecular weight is 533 g/mol. The van der Waals surface area contributed by atoms with Crippen molar-refractivity contribution in [3.05, 3.63) is 65.0 Å². The molecule has 0 N–H and O–H groups in total. The maximum atomic E-state index is 13.2. The van der Waals surface area contributed by atoms with Gasteiger partial charge in [-0.25, -0.2) is 4.98 Å². The summed E-state index contributed by atoms with van der Waals surface area (Å²) in [4.78, 5) is 23.1. The molecule has 0 aliphatic carbocycles. The van der Waals surface area contributed by atoms with E-state index >= 15 is 0 Å². The van der Waals surface area contributed by atoms with Crippen LogP contribution in [0.3, 0.4) is 0 Å². The first kappa shape index (κ1) is 25.6. The molecule has 2 aliphatic rings. The average Bonchev–Trinajstić information content (AvgIpc) is 3.34. The zero-order valence-electron chi connectivity index (χ0n) is 20.6. The number of fused-ring (bicyclic) bond motifs is 1. The molecule has 2 atom stereocenters. The largest absolute Gasteiger partial charge is 0.464 e. The lowest BCUT2D eigenvalue weighted by molar-refractivity contribution is -0.137. The van der Waals surface area contributed by atoms with E-state index in [4.69, 9.17) is 16.0 Å². The second-order valence-corrected chi connectivity index (χ2v) is 10.2. The van der Waals surface area contributed by atoms with E-state index < -0.39 is 11.7 Å². The number of para-hydroxylation sites is 1. The van der Waals surface area contributed by atoms with Crippen LogP contribution in [0.5, 0.6) is 0 Å². The van der Waals surface area contributed by atoms with Crippen LogP contribution >= 0.6 is 11.6 Å². The number of furan rings is 1. The minimum absolute atomic E-state index is 0.0136. The van der Waals surface area contributed by atoms with Crippen LogP contribution in [0.25, 0.3) is 16.5 Å². The lowest BCUT2D eigenvalue weighted by atomic mass is 9.98. The first-order valence-electron chi connectivity index (χ1n) is 12.3. The maximum Gasteiger partial charge on any atom is 0.417 e. The van der Waals surface area contributed by atoms with Gasteiger partial charge in [-0.2, -0.15) is 13.2 Å². The van der Waals surface area contributed by atoms with Crippen LogP contribution < -0.4 is 4.90 Å². The van der Waals surface area contributed by atoms with E-state index in [1.165, 1.54) is 5.57 Å². The Balaban J connectivity index is 1.22. The molecule has 2 aliphatic heterocycles. The maximum absolute atomic E-state index is 13.2. The summed E-state index contributed by atoms with van der Waals surface area (Å²) in [6.07, 6.45) is 0.865. The molecule has 5 rings (SSSR count). The van der Waals surface area contributed by atoms with Crippen LogP contribution in [0.1, 0.15) is 31.4 Å². The molecule has 4 heterocycles. The van der Waals surface area contributed by atoms with Crippen molar-refractivity contribution >= 4 is 39.9 Å². The summed E-state index contributed by atoms with van der Waals surface area (Å²) in [5.74, 6) is 0.393. The molecule has 0 bridgehead atoms. The second kappa shape index (κ2) is 10.0.